The Bertz CT molecular complexity index is 1110. The quantitative estimate of drug-likeness (QED) is 0.602. The molecule has 6 heteroatoms. The van der Waals surface area contributed by atoms with Gasteiger partial charge in [0.25, 0.3) is 0 Å². The molecule has 1 N–H and O–H groups in total. The van der Waals surface area contributed by atoms with Crippen LogP contribution in [0.3, 0.4) is 0 Å². The van der Waals surface area contributed by atoms with Gasteiger partial charge in [0.2, 0.25) is 10.0 Å². The molecule has 0 amide bonds. The zero-order valence-electron chi connectivity index (χ0n) is 17.7. The maximum atomic E-state index is 13.2. The molecule has 2 aromatic carbocycles. The van der Waals surface area contributed by atoms with Crippen molar-refractivity contribution in [2.45, 2.75) is 44.7 Å². The van der Waals surface area contributed by atoms with Crippen LogP contribution in [0, 0.1) is 20.8 Å². The Hall–Kier alpha value is -1.99. The van der Waals surface area contributed by atoms with E-state index in [0.29, 0.717) is 11.4 Å². The Labute approximate surface area is 183 Å². The second-order valence-corrected chi connectivity index (χ2v) is 10.8. The zero-order valence-corrected chi connectivity index (χ0v) is 19.3. The highest BCUT2D eigenvalue weighted by Gasteiger charge is 2.28. The van der Waals surface area contributed by atoms with Crippen molar-refractivity contribution in [3.63, 3.8) is 0 Å². The van der Waals surface area contributed by atoms with E-state index in [0.717, 1.165) is 36.2 Å². The van der Waals surface area contributed by atoms with Crippen molar-refractivity contribution in [1.29, 1.82) is 0 Å². The van der Waals surface area contributed by atoms with Crippen LogP contribution < -0.4 is 4.72 Å². The molecular formula is C24H28N2O2S2. The number of aryl methyl sites for hydroxylation is 3. The number of fused-ring (bicyclic) bond motifs is 1. The second kappa shape index (κ2) is 8.63. The molecule has 0 spiro atoms. The lowest BCUT2D eigenvalue weighted by Gasteiger charge is -2.35. The summed E-state index contributed by atoms with van der Waals surface area (Å²) < 4.78 is 29.4. The van der Waals surface area contributed by atoms with Gasteiger partial charge in [0, 0.05) is 24.5 Å². The lowest BCUT2D eigenvalue weighted by molar-refractivity contribution is 0.183. The molecule has 0 bridgehead atoms. The van der Waals surface area contributed by atoms with E-state index >= 15 is 0 Å². The summed E-state index contributed by atoms with van der Waals surface area (Å²) in [7, 11) is -3.60. The first-order valence-corrected chi connectivity index (χ1v) is 12.6. The van der Waals surface area contributed by atoms with Crippen LogP contribution in [0.15, 0.2) is 58.8 Å². The molecule has 158 valence electrons. The monoisotopic (exact) mass is 440 g/mol. The molecule has 4 rings (SSSR count). The molecule has 4 nitrogen and oxygen atoms in total. The number of benzene rings is 2. The van der Waals surface area contributed by atoms with Crippen LogP contribution in [0.1, 0.15) is 38.7 Å². The lowest BCUT2D eigenvalue weighted by Crippen LogP contribution is -2.40. The molecule has 30 heavy (non-hydrogen) atoms. The third-order valence-electron chi connectivity index (χ3n) is 5.81. The largest absolute Gasteiger partial charge is 0.290 e. The summed E-state index contributed by atoms with van der Waals surface area (Å²) in [4.78, 5) is 3.99. The van der Waals surface area contributed by atoms with E-state index in [2.05, 4.69) is 45.3 Å². The topological polar surface area (TPSA) is 49.4 Å². The van der Waals surface area contributed by atoms with Crippen LogP contribution in [0.25, 0.3) is 0 Å². The number of nitrogens with zero attached hydrogens (tertiary/aromatic N) is 1. The predicted molar refractivity (Wildman–Crippen MR) is 123 cm³/mol. The molecule has 1 unspecified atom stereocenters. The molecule has 1 atom stereocenters. The Balaban J connectivity index is 1.59. The van der Waals surface area contributed by atoms with Gasteiger partial charge in [-0.25, -0.2) is 13.1 Å². The van der Waals surface area contributed by atoms with Crippen molar-refractivity contribution in [3.05, 3.63) is 86.6 Å². The Morgan fingerprint density at radius 3 is 2.40 bits per heavy atom. The van der Waals surface area contributed by atoms with Gasteiger partial charge in [0.1, 0.15) is 0 Å². The fourth-order valence-corrected chi connectivity index (χ4v) is 6.87. The summed E-state index contributed by atoms with van der Waals surface area (Å²) in [5, 5.41) is 2.06. The fraction of sp³-hybridized carbons (Fsp3) is 0.333. The third kappa shape index (κ3) is 4.37. The molecule has 0 aliphatic carbocycles. The second-order valence-electron chi connectivity index (χ2n) is 8.10. The van der Waals surface area contributed by atoms with Crippen molar-refractivity contribution in [1.82, 2.24) is 9.62 Å². The number of nitrogens with one attached hydrogen (secondary N) is 1. The van der Waals surface area contributed by atoms with Crippen LogP contribution in [-0.4, -0.2) is 26.4 Å². The third-order valence-corrected chi connectivity index (χ3v) is 8.51. The number of hydrogen-bond acceptors (Lipinski definition) is 4. The van der Waals surface area contributed by atoms with Crippen molar-refractivity contribution < 1.29 is 8.42 Å². The van der Waals surface area contributed by atoms with Crippen molar-refractivity contribution in [2.75, 3.05) is 13.1 Å². The number of rotatable bonds is 6. The van der Waals surface area contributed by atoms with Gasteiger partial charge >= 0.3 is 0 Å². The first-order chi connectivity index (χ1) is 14.3. The van der Waals surface area contributed by atoms with E-state index in [4.69, 9.17) is 0 Å². The average molecular weight is 441 g/mol. The van der Waals surface area contributed by atoms with Gasteiger partial charge in [-0.15, -0.1) is 11.3 Å². The van der Waals surface area contributed by atoms with Crippen LogP contribution >= 0.6 is 11.3 Å². The van der Waals surface area contributed by atoms with Crippen molar-refractivity contribution in [2.24, 2.45) is 0 Å². The van der Waals surface area contributed by atoms with Gasteiger partial charge in [-0.1, -0.05) is 48.0 Å². The SMILES string of the molecule is Cc1cc(C)c(S(=O)(=O)NCC(c2cccs2)N2CCc3ccccc3C2)c(C)c1. The Morgan fingerprint density at radius 1 is 1.03 bits per heavy atom. The standard InChI is InChI=1S/C24H28N2O2S2/c1-17-13-18(2)24(19(3)14-17)30(27,28)25-15-22(23-9-6-12-29-23)26-11-10-20-7-4-5-8-21(20)16-26/h4-9,12-14,22,25H,10-11,15-16H2,1-3H3. The van der Waals surface area contributed by atoms with E-state index in [-0.39, 0.29) is 6.04 Å². The average Bonchev–Trinajstić information content (AvgIpc) is 3.21. The Kier molecular flexibility index (Phi) is 6.11. The molecule has 2 heterocycles. The molecule has 3 aromatic rings. The minimum Gasteiger partial charge on any atom is -0.290 e. The van der Waals surface area contributed by atoms with Crippen LogP contribution in [0.5, 0.6) is 0 Å². The van der Waals surface area contributed by atoms with Gasteiger partial charge in [-0.05, 0) is 60.9 Å². The molecule has 0 saturated carbocycles. The lowest BCUT2D eigenvalue weighted by atomic mass is 9.98. The minimum absolute atomic E-state index is 0.0131. The molecule has 1 aromatic heterocycles. The van der Waals surface area contributed by atoms with Crippen LogP contribution in [0.4, 0.5) is 0 Å². The summed E-state index contributed by atoms with van der Waals surface area (Å²) in [6.07, 6.45) is 0.987. The fourth-order valence-electron chi connectivity index (χ4n) is 4.53. The van der Waals surface area contributed by atoms with Gasteiger partial charge in [0.05, 0.1) is 10.9 Å². The summed E-state index contributed by atoms with van der Waals surface area (Å²) in [6, 6.07) is 16.5. The van der Waals surface area contributed by atoms with Crippen molar-refractivity contribution in [3.8, 4) is 0 Å². The summed E-state index contributed by atoms with van der Waals surface area (Å²) in [5.41, 5.74) is 5.38. The van der Waals surface area contributed by atoms with Gasteiger partial charge in [0.15, 0.2) is 0 Å². The van der Waals surface area contributed by atoms with Crippen LogP contribution in [-0.2, 0) is 23.0 Å². The number of hydrogen-bond donors (Lipinski definition) is 1. The zero-order chi connectivity index (χ0) is 21.3. The van der Waals surface area contributed by atoms with Crippen molar-refractivity contribution >= 4 is 21.4 Å². The normalized spacial score (nSPS) is 15.7. The maximum absolute atomic E-state index is 13.2. The molecule has 1 aliphatic heterocycles. The summed E-state index contributed by atoms with van der Waals surface area (Å²) >= 11 is 1.68. The van der Waals surface area contributed by atoms with Gasteiger partial charge in [-0.2, -0.15) is 0 Å². The van der Waals surface area contributed by atoms with Crippen LogP contribution in [0.2, 0.25) is 0 Å². The highest BCUT2D eigenvalue weighted by Crippen LogP contribution is 2.31. The Morgan fingerprint density at radius 2 is 1.73 bits per heavy atom. The van der Waals surface area contributed by atoms with Gasteiger partial charge < -0.3 is 0 Å². The smallest absolute Gasteiger partial charge is 0.241 e. The maximum Gasteiger partial charge on any atom is 0.241 e. The minimum atomic E-state index is -3.60. The molecule has 0 fully saturated rings. The molecular weight excluding hydrogens is 412 g/mol. The first-order valence-electron chi connectivity index (χ1n) is 10.3. The van der Waals surface area contributed by atoms with E-state index in [1.807, 2.05) is 39.0 Å². The van der Waals surface area contributed by atoms with E-state index < -0.39 is 10.0 Å². The van der Waals surface area contributed by atoms with E-state index in [9.17, 15) is 8.42 Å². The highest BCUT2D eigenvalue weighted by atomic mass is 32.2. The molecule has 0 saturated heterocycles. The van der Waals surface area contributed by atoms with E-state index in [1.165, 1.54) is 16.0 Å². The molecule has 1 aliphatic rings. The number of sulfonamides is 1. The highest BCUT2D eigenvalue weighted by molar-refractivity contribution is 7.89. The predicted octanol–water partition coefficient (Wildman–Crippen LogP) is 4.75. The summed E-state index contributed by atoms with van der Waals surface area (Å²) in [5.74, 6) is 0. The summed E-state index contributed by atoms with van der Waals surface area (Å²) in [6.45, 7) is 7.84. The van der Waals surface area contributed by atoms with Gasteiger partial charge in [-0.3, -0.25) is 4.90 Å². The van der Waals surface area contributed by atoms with E-state index in [1.54, 1.807) is 11.3 Å². The number of thiophene rings is 1. The first kappa shape index (κ1) is 21.2. The molecule has 0 radical (unpaired) electrons.